The Morgan fingerprint density at radius 3 is 2.53 bits per heavy atom. The summed E-state index contributed by atoms with van der Waals surface area (Å²) in [5.41, 5.74) is 1.61. The summed E-state index contributed by atoms with van der Waals surface area (Å²) in [6, 6.07) is 12.7. The molecule has 0 atom stereocenters. The fourth-order valence-electron chi connectivity index (χ4n) is 2.05. The molecular weight excluding hydrogens is 242 g/mol. The van der Waals surface area contributed by atoms with Crippen molar-refractivity contribution in [3.05, 3.63) is 59.8 Å². The van der Waals surface area contributed by atoms with Crippen LogP contribution in [0.2, 0.25) is 0 Å². The van der Waals surface area contributed by atoms with Gasteiger partial charge in [-0.15, -0.1) is 0 Å². The molecule has 3 rings (SSSR count). The second kappa shape index (κ2) is 4.17. The van der Waals surface area contributed by atoms with E-state index in [4.69, 9.17) is 0 Å². The molecule has 0 aliphatic heterocycles. The minimum atomic E-state index is -0.202. The molecule has 0 fully saturated rings. The van der Waals surface area contributed by atoms with Crippen molar-refractivity contribution in [3.8, 4) is 11.5 Å². The summed E-state index contributed by atoms with van der Waals surface area (Å²) in [4.78, 5) is 15.2. The third kappa shape index (κ3) is 2.04. The van der Waals surface area contributed by atoms with Crippen LogP contribution < -0.4 is 0 Å². The molecule has 19 heavy (non-hydrogen) atoms. The number of aromatic nitrogens is 1. The van der Waals surface area contributed by atoms with Crippen LogP contribution in [0.25, 0.3) is 10.9 Å². The number of aromatic hydroxyl groups is 2. The van der Waals surface area contributed by atoms with Gasteiger partial charge in [0.05, 0.1) is 5.69 Å². The van der Waals surface area contributed by atoms with Crippen LogP contribution in [-0.2, 0) is 0 Å². The van der Waals surface area contributed by atoms with E-state index in [1.807, 2.05) is 0 Å². The minimum Gasteiger partial charge on any atom is -0.508 e. The lowest BCUT2D eigenvalue weighted by atomic mass is 10.1. The molecule has 4 heteroatoms. The Kier molecular flexibility index (Phi) is 2.49. The van der Waals surface area contributed by atoms with Crippen molar-refractivity contribution in [2.24, 2.45) is 0 Å². The molecule has 0 amide bonds. The predicted molar refractivity (Wildman–Crippen MR) is 71.5 cm³/mol. The molecule has 94 valence electrons. The van der Waals surface area contributed by atoms with Crippen molar-refractivity contribution in [2.75, 3.05) is 0 Å². The number of phenols is 2. The van der Waals surface area contributed by atoms with Crippen LogP contribution in [0.1, 0.15) is 16.1 Å². The van der Waals surface area contributed by atoms with Crippen LogP contribution >= 0.6 is 0 Å². The van der Waals surface area contributed by atoms with Crippen molar-refractivity contribution in [2.45, 2.75) is 0 Å². The highest BCUT2D eigenvalue weighted by Gasteiger charge is 2.12. The van der Waals surface area contributed by atoms with E-state index >= 15 is 0 Å². The summed E-state index contributed by atoms with van der Waals surface area (Å²) < 4.78 is 0. The van der Waals surface area contributed by atoms with Crippen molar-refractivity contribution in [3.63, 3.8) is 0 Å². The lowest BCUT2D eigenvalue weighted by molar-refractivity contribution is 0.103. The quantitative estimate of drug-likeness (QED) is 0.615. The molecule has 2 aromatic carbocycles. The number of benzene rings is 2. The first kappa shape index (κ1) is 11.3. The number of carbonyl (C=O) groups excluding carboxylic acids is 1. The average molecular weight is 253 g/mol. The smallest absolute Gasteiger partial charge is 0.209 e. The van der Waals surface area contributed by atoms with Gasteiger partial charge in [0.1, 0.15) is 11.5 Å². The van der Waals surface area contributed by atoms with Gasteiger partial charge < -0.3 is 15.2 Å². The third-order valence-electron chi connectivity index (χ3n) is 2.96. The van der Waals surface area contributed by atoms with Gasteiger partial charge in [0.15, 0.2) is 0 Å². The van der Waals surface area contributed by atoms with E-state index in [-0.39, 0.29) is 17.3 Å². The van der Waals surface area contributed by atoms with Gasteiger partial charge in [-0.3, -0.25) is 4.79 Å². The minimum absolute atomic E-state index is 0.0552. The number of hydrogen-bond donors (Lipinski definition) is 3. The van der Waals surface area contributed by atoms with Crippen molar-refractivity contribution in [1.29, 1.82) is 0 Å². The fourth-order valence-corrected chi connectivity index (χ4v) is 2.05. The molecule has 3 aromatic rings. The topological polar surface area (TPSA) is 73.3 Å². The Balaban J connectivity index is 2.06. The molecule has 0 spiro atoms. The van der Waals surface area contributed by atoms with E-state index in [9.17, 15) is 15.0 Å². The number of aromatic amines is 1. The number of fused-ring (bicyclic) bond motifs is 1. The van der Waals surface area contributed by atoms with Crippen LogP contribution in [0.4, 0.5) is 0 Å². The Morgan fingerprint density at radius 2 is 1.74 bits per heavy atom. The van der Waals surface area contributed by atoms with Crippen LogP contribution in [0.3, 0.4) is 0 Å². The largest absolute Gasteiger partial charge is 0.508 e. The molecule has 0 unspecified atom stereocenters. The number of hydrogen-bond acceptors (Lipinski definition) is 3. The summed E-state index contributed by atoms with van der Waals surface area (Å²) in [5, 5.41) is 19.6. The lowest BCUT2D eigenvalue weighted by Crippen LogP contribution is -2.00. The van der Waals surface area contributed by atoms with Gasteiger partial charge in [-0.2, -0.15) is 0 Å². The summed E-state index contributed by atoms with van der Waals surface area (Å²) >= 11 is 0. The van der Waals surface area contributed by atoms with E-state index in [1.54, 1.807) is 36.4 Å². The molecular formula is C15H11NO3. The Labute approximate surface area is 108 Å². The monoisotopic (exact) mass is 253 g/mol. The van der Waals surface area contributed by atoms with E-state index in [2.05, 4.69) is 4.98 Å². The third-order valence-corrected chi connectivity index (χ3v) is 2.96. The van der Waals surface area contributed by atoms with Crippen molar-refractivity contribution >= 4 is 16.7 Å². The molecule has 0 bridgehead atoms. The zero-order valence-corrected chi connectivity index (χ0v) is 9.92. The van der Waals surface area contributed by atoms with Crippen molar-refractivity contribution in [1.82, 2.24) is 4.98 Å². The van der Waals surface area contributed by atoms with Crippen molar-refractivity contribution < 1.29 is 15.0 Å². The van der Waals surface area contributed by atoms with E-state index in [1.165, 1.54) is 12.1 Å². The lowest BCUT2D eigenvalue weighted by Gasteiger charge is -1.98. The normalized spacial score (nSPS) is 10.7. The maximum Gasteiger partial charge on any atom is 0.209 e. The Hall–Kier alpha value is -2.75. The van der Waals surface area contributed by atoms with Crippen LogP contribution in [0.5, 0.6) is 11.5 Å². The standard InChI is InChI=1S/C15H11NO3/c17-11-3-1-2-9(6-11)15(19)14-8-10-7-12(18)4-5-13(10)16-14/h1-8,16-18H. The summed E-state index contributed by atoms with van der Waals surface area (Å²) in [7, 11) is 0. The zero-order valence-electron chi connectivity index (χ0n) is 9.92. The molecule has 0 saturated carbocycles. The summed E-state index contributed by atoms with van der Waals surface area (Å²) in [6.45, 7) is 0. The number of rotatable bonds is 2. The van der Waals surface area contributed by atoms with Crippen LogP contribution in [0.15, 0.2) is 48.5 Å². The average Bonchev–Trinajstić information content (AvgIpc) is 2.80. The maximum absolute atomic E-state index is 12.2. The fraction of sp³-hybridized carbons (Fsp3) is 0. The van der Waals surface area contributed by atoms with Gasteiger partial charge in [0.2, 0.25) is 5.78 Å². The van der Waals surface area contributed by atoms with Gasteiger partial charge in [0.25, 0.3) is 0 Å². The van der Waals surface area contributed by atoms with Gasteiger partial charge in [-0.05, 0) is 36.4 Å². The molecule has 0 radical (unpaired) electrons. The summed E-state index contributed by atoms with van der Waals surface area (Å²) in [6.07, 6.45) is 0. The van der Waals surface area contributed by atoms with Gasteiger partial charge >= 0.3 is 0 Å². The highest BCUT2D eigenvalue weighted by Crippen LogP contribution is 2.22. The molecule has 1 heterocycles. The molecule has 0 aliphatic rings. The highest BCUT2D eigenvalue weighted by atomic mass is 16.3. The summed E-state index contributed by atoms with van der Waals surface area (Å²) in [5.74, 6) is 0.00838. The second-order valence-electron chi connectivity index (χ2n) is 4.33. The number of nitrogens with one attached hydrogen (secondary N) is 1. The first-order valence-corrected chi connectivity index (χ1v) is 5.79. The molecule has 4 nitrogen and oxygen atoms in total. The number of ketones is 1. The number of H-pyrrole nitrogens is 1. The SMILES string of the molecule is O=C(c1cccc(O)c1)c1cc2cc(O)ccc2[nH]1. The molecule has 1 aromatic heterocycles. The number of carbonyl (C=O) groups is 1. The second-order valence-corrected chi connectivity index (χ2v) is 4.33. The van der Waals surface area contributed by atoms with E-state index in [0.717, 1.165) is 10.9 Å². The first-order chi connectivity index (χ1) is 9.13. The molecule has 0 aliphatic carbocycles. The van der Waals surface area contributed by atoms with E-state index < -0.39 is 0 Å². The predicted octanol–water partition coefficient (Wildman–Crippen LogP) is 2.81. The number of phenolic OH excluding ortho intramolecular Hbond substituents is 2. The zero-order chi connectivity index (χ0) is 13.4. The van der Waals surface area contributed by atoms with Crippen LogP contribution in [0, 0.1) is 0 Å². The van der Waals surface area contributed by atoms with E-state index in [0.29, 0.717) is 11.3 Å². The van der Waals surface area contributed by atoms with Gasteiger partial charge in [-0.1, -0.05) is 12.1 Å². The van der Waals surface area contributed by atoms with Gasteiger partial charge in [0, 0.05) is 16.5 Å². The molecule has 3 N–H and O–H groups in total. The Bertz CT molecular complexity index is 774. The van der Waals surface area contributed by atoms with Crippen LogP contribution in [-0.4, -0.2) is 21.0 Å². The maximum atomic E-state index is 12.2. The first-order valence-electron chi connectivity index (χ1n) is 5.79. The molecule has 0 saturated heterocycles. The van der Waals surface area contributed by atoms with Gasteiger partial charge in [-0.25, -0.2) is 0 Å². The highest BCUT2D eigenvalue weighted by molar-refractivity contribution is 6.10. The Morgan fingerprint density at radius 1 is 0.947 bits per heavy atom.